The summed E-state index contributed by atoms with van der Waals surface area (Å²) in [5.41, 5.74) is 0.266. The zero-order valence-electron chi connectivity index (χ0n) is 10.1. The summed E-state index contributed by atoms with van der Waals surface area (Å²) in [5.74, 6) is -0.699. The lowest BCUT2D eigenvalue weighted by molar-refractivity contribution is -0.117. The molecule has 1 saturated heterocycles. The van der Waals surface area contributed by atoms with Gasteiger partial charge < -0.3 is 0 Å². The molecular weight excluding hydrogens is 372 g/mol. The van der Waals surface area contributed by atoms with Crippen LogP contribution in [0.5, 0.6) is 0 Å². The molecule has 0 aromatic carbocycles. The molecule has 0 N–H and O–H groups in total. The molecule has 1 amide bonds. The fraction of sp³-hybridized carbons (Fsp3) is 0.364. The van der Waals surface area contributed by atoms with Crippen LogP contribution in [0.4, 0.5) is 5.82 Å². The second-order valence-corrected chi connectivity index (χ2v) is 8.20. The predicted molar refractivity (Wildman–Crippen MR) is 77.4 cm³/mol. The summed E-state index contributed by atoms with van der Waals surface area (Å²) in [4.78, 5) is 28.4. The molecule has 1 atom stereocenters. The molecule has 1 unspecified atom stereocenters. The molecule has 2 rings (SSSR count). The average Bonchev–Trinajstić information content (AvgIpc) is 2.67. The van der Waals surface area contributed by atoms with E-state index in [2.05, 4.69) is 20.9 Å². The van der Waals surface area contributed by atoms with Crippen LogP contribution in [0.3, 0.4) is 0 Å². The molecule has 0 radical (unpaired) electrons. The van der Waals surface area contributed by atoms with Crippen molar-refractivity contribution >= 4 is 53.7 Å². The zero-order valence-corrected chi connectivity index (χ0v) is 13.3. The Labute approximate surface area is 128 Å². The number of aromatic nitrogens is 1. The largest absolute Gasteiger partial charge is 0.298 e. The highest BCUT2D eigenvalue weighted by Crippen LogP contribution is 2.28. The minimum absolute atomic E-state index is 0.0714. The molecule has 1 aliphatic rings. The fourth-order valence-corrected chi connectivity index (χ4v) is 3.81. The maximum Gasteiger partial charge on any atom is 0.232 e. The average molecular weight is 382 g/mol. The van der Waals surface area contributed by atoms with E-state index in [-0.39, 0.29) is 36.0 Å². The van der Waals surface area contributed by atoms with Crippen LogP contribution >= 0.6 is 26.6 Å². The number of hydrogen-bond donors (Lipinski definition) is 0. The van der Waals surface area contributed by atoms with Gasteiger partial charge in [-0.05, 0) is 22.0 Å². The van der Waals surface area contributed by atoms with Gasteiger partial charge in [-0.15, -0.1) is 0 Å². The van der Waals surface area contributed by atoms with Crippen molar-refractivity contribution in [2.45, 2.75) is 6.42 Å². The summed E-state index contributed by atoms with van der Waals surface area (Å²) >= 11 is 3.19. The van der Waals surface area contributed by atoms with E-state index in [1.54, 1.807) is 6.07 Å². The molecule has 0 saturated carbocycles. The molecule has 1 aliphatic heterocycles. The standard InChI is InChI=1S/C11H10BrClN2O4S/c12-9-2-8(5-16)11(14-3-9)15-4-7(1-10(15)17)6-20(13,18)19/h2-3,5,7H,1,4,6H2. The number of rotatable bonds is 4. The normalized spacial score (nSPS) is 19.4. The number of pyridine rings is 1. The Bertz CT molecular complexity index is 664. The molecular formula is C11H10BrClN2O4S. The third-order valence-electron chi connectivity index (χ3n) is 2.88. The van der Waals surface area contributed by atoms with Crippen LogP contribution in [-0.2, 0) is 13.8 Å². The van der Waals surface area contributed by atoms with E-state index in [9.17, 15) is 18.0 Å². The molecule has 9 heteroatoms. The molecule has 0 spiro atoms. The Kier molecular flexibility index (Phi) is 4.46. The number of anilines is 1. The van der Waals surface area contributed by atoms with Gasteiger partial charge in [-0.3, -0.25) is 14.5 Å². The topological polar surface area (TPSA) is 84.4 Å². The van der Waals surface area contributed by atoms with Crippen LogP contribution in [0, 0.1) is 5.92 Å². The van der Waals surface area contributed by atoms with E-state index in [0.717, 1.165) is 0 Å². The summed E-state index contributed by atoms with van der Waals surface area (Å²) in [5, 5.41) is 0. The van der Waals surface area contributed by atoms with Gasteiger partial charge in [0.1, 0.15) is 5.82 Å². The number of carbonyl (C=O) groups is 2. The van der Waals surface area contributed by atoms with Crippen molar-refractivity contribution in [2.75, 3.05) is 17.2 Å². The molecule has 0 aliphatic carbocycles. The minimum atomic E-state index is -3.66. The Morgan fingerprint density at radius 1 is 1.55 bits per heavy atom. The Hall–Kier alpha value is -0.990. The number of nitrogens with zero attached hydrogens (tertiary/aromatic N) is 2. The van der Waals surface area contributed by atoms with Gasteiger partial charge in [0, 0.05) is 40.2 Å². The van der Waals surface area contributed by atoms with Gasteiger partial charge in [0.25, 0.3) is 0 Å². The number of hydrogen-bond acceptors (Lipinski definition) is 5. The van der Waals surface area contributed by atoms with E-state index in [0.29, 0.717) is 10.8 Å². The van der Waals surface area contributed by atoms with Gasteiger partial charge in [0.15, 0.2) is 6.29 Å². The van der Waals surface area contributed by atoms with Gasteiger partial charge in [-0.2, -0.15) is 0 Å². The predicted octanol–water partition coefficient (Wildman–Crippen LogP) is 1.58. The summed E-state index contributed by atoms with van der Waals surface area (Å²) in [6, 6.07) is 1.55. The highest BCUT2D eigenvalue weighted by molar-refractivity contribution is 9.10. The van der Waals surface area contributed by atoms with Crippen molar-refractivity contribution < 1.29 is 18.0 Å². The van der Waals surface area contributed by atoms with Gasteiger partial charge in [-0.25, -0.2) is 13.4 Å². The van der Waals surface area contributed by atoms with Crippen molar-refractivity contribution in [3.05, 3.63) is 22.3 Å². The highest BCUT2D eigenvalue weighted by atomic mass is 79.9. The highest BCUT2D eigenvalue weighted by Gasteiger charge is 2.34. The monoisotopic (exact) mass is 380 g/mol. The Morgan fingerprint density at radius 2 is 2.25 bits per heavy atom. The van der Waals surface area contributed by atoms with Crippen molar-refractivity contribution in [1.29, 1.82) is 0 Å². The fourth-order valence-electron chi connectivity index (χ4n) is 2.14. The quantitative estimate of drug-likeness (QED) is 0.584. The molecule has 1 fully saturated rings. The lowest BCUT2D eigenvalue weighted by Crippen LogP contribution is -2.27. The number of halogens is 2. The Morgan fingerprint density at radius 3 is 2.85 bits per heavy atom. The first-order chi connectivity index (χ1) is 9.30. The van der Waals surface area contributed by atoms with Crippen molar-refractivity contribution in [2.24, 2.45) is 5.92 Å². The van der Waals surface area contributed by atoms with E-state index < -0.39 is 15.0 Å². The molecule has 20 heavy (non-hydrogen) atoms. The maximum absolute atomic E-state index is 11.9. The third-order valence-corrected chi connectivity index (χ3v) is 4.57. The van der Waals surface area contributed by atoms with Crippen molar-refractivity contribution in [3.8, 4) is 0 Å². The number of aldehydes is 1. The summed E-state index contributed by atoms with van der Waals surface area (Å²) < 4.78 is 22.7. The van der Waals surface area contributed by atoms with Gasteiger partial charge >= 0.3 is 0 Å². The SMILES string of the molecule is O=Cc1cc(Br)cnc1N1CC(CS(=O)(=O)Cl)CC1=O. The van der Waals surface area contributed by atoms with Crippen molar-refractivity contribution in [1.82, 2.24) is 4.98 Å². The number of amides is 1. The van der Waals surface area contributed by atoms with Gasteiger partial charge in [0.2, 0.25) is 15.0 Å². The molecule has 108 valence electrons. The zero-order chi connectivity index (χ0) is 14.9. The van der Waals surface area contributed by atoms with Crippen LogP contribution in [0.1, 0.15) is 16.8 Å². The summed E-state index contributed by atoms with van der Waals surface area (Å²) in [6.07, 6.45) is 2.15. The van der Waals surface area contributed by atoms with Crippen LogP contribution < -0.4 is 4.90 Å². The van der Waals surface area contributed by atoms with Crippen LogP contribution in [0.25, 0.3) is 0 Å². The summed E-state index contributed by atoms with van der Waals surface area (Å²) in [6.45, 7) is 0.181. The van der Waals surface area contributed by atoms with Crippen molar-refractivity contribution in [3.63, 3.8) is 0 Å². The second kappa shape index (κ2) is 5.79. The minimum Gasteiger partial charge on any atom is -0.298 e. The molecule has 1 aromatic heterocycles. The molecule has 2 heterocycles. The Balaban J connectivity index is 2.26. The van der Waals surface area contributed by atoms with Crippen LogP contribution in [0.2, 0.25) is 0 Å². The van der Waals surface area contributed by atoms with E-state index in [1.165, 1.54) is 11.1 Å². The van der Waals surface area contributed by atoms with Crippen LogP contribution in [-0.4, -0.2) is 37.9 Å². The smallest absolute Gasteiger partial charge is 0.232 e. The first kappa shape index (κ1) is 15.4. The maximum atomic E-state index is 11.9. The van der Waals surface area contributed by atoms with Gasteiger partial charge in [0.05, 0.1) is 11.3 Å². The van der Waals surface area contributed by atoms with Crippen LogP contribution in [0.15, 0.2) is 16.7 Å². The van der Waals surface area contributed by atoms with Gasteiger partial charge in [-0.1, -0.05) is 0 Å². The third kappa shape index (κ3) is 3.56. The lowest BCUT2D eigenvalue weighted by Gasteiger charge is -2.17. The molecule has 6 nitrogen and oxygen atoms in total. The molecule has 0 bridgehead atoms. The first-order valence-corrected chi connectivity index (χ1v) is 8.90. The second-order valence-electron chi connectivity index (χ2n) is 4.46. The first-order valence-electron chi connectivity index (χ1n) is 5.63. The van der Waals surface area contributed by atoms with E-state index in [4.69, 9.17) is 10.7 Å². The number of carbonyl (C=O) groups excluding carboxylic acids is 2. The summed E-state index contributed by atoms with van der Waals surface area (Å²) in [7, 11) is 1.54. The molecule has 1 aromatic rings. The van der Waals surface area contributed by atoms with E-state index >= 15 is 0 Å². The van der Waals surface area contributed by atoms with E-state index in [1.807, 2.05) is 0 Å². The lowest BCUT2D eigenvalue weighted by atomic mass is 10.1.